The van der Waals surface area contributed by atoms with E-state index in [4.69, 9.17) is 4.74 Å². The Hall–Kier alpha value is -1.58. The normalized spacial score (nSPS) is 13.6. The van der Waals surface area contributed by atoms with Crippen LogP contribution in [0.25, 0.3) is 0 Å². The smallest absolute Gasteiger partial charge is 0.330 e. The van der Waals surface area contributed by atoms with Crippen molar-refractivity contribution < 1.29 is 14.3 Å². The van der Waals surface area contributed by atoms with Crippen molar-refractivity contribution in [2.75, 3.05) is 0 Å². The van der Waals surface area contributed by atoms with E-state index in [1.807, 2.05) is 0 Å². The summed E-state index contributed by atoms with van der Waals surface area (Å²) in [5.74, 6) is -0.795. The average molecular weight is 197 g/mol. The summed E-state index contributed by atoms with van der Waals surface area (Å²) >= 11 is 0. The fourth-order valence-electron chi connectivity index (χ4n) is 0.734. The minimum Gasteiger partial charge on any atom is -0.457 e. The number of amides is 1. The minimum atomic E-state index is -0.503. The Morgan fingerprint density at radius 2 is 1.86 bits per heavy atom. The van der Waals surface area contributed by atoms with Crippen LogP contribution in [0, 0.1) is 0 Å². The number of ether oxygens (including phenoxy) is 1. The first kappa shape index (κ1) is 12.4. The van der Waals surface area contributed by atoms with Crippen LogP contribution in [-0.2, 0) is 14.3 Å². The van der Waals surface area contributed by atoms with Crippen LogP contribution in [0.1, 0.15) is 13.8 Å². The molecule has 14 heavy (non-hydrogen) atoms. The number of carbonyl (C=O) groups excluding carboxylic acids is 2. The average Bonchev–Trinajstić information content (AvgIpc) is 2.17. The van der Waals surface area contributed by atoms with Crippen LogP contribution >= 0.6 is 0 Å². The predicted molar refractivity (Wildman–Crippen MR) is 53.6 cm³/mol. The van der Waals surface area contributed by atoms with Crippen molar-refractivity contribution >= 4 is 11.9 Å². The Kier molecular flexibility index (Phi) is 5.29. The second kappa shape index (κ2) is 5.96. The van der Waals surface area contributed by atoms with E-state index in [0.717, 1.165) is 6.08 Å². The van der Waals surface area contributed by atoms with Crippen LogP contribution in [-0.4, -0.2) is 24.0 Å². The highest BCUT2D eigenvalue weighted by Gasteiger charge is 2.16. The van der Waals surface area contributed by atoms with Crippen LogP contribution in [0.15, 0.2) is 25.3 Å². The SMILES string of the molecule is C=CC(=O)NC(C)C(C)OC(=O)C=C. The van der Waals surface area contributed by atoms with Crippen molar-refractivity contribution in [3.8, 4) is 0 Å². The van der Waals surface area contributed by atoms with Crippen molar-refractivity contribution in [3.05, 3.63) is 25.3 Å². The molecule has 0 aliphatic heterocycles. The maximum Gasteiger partial charge on any atom is 0.330 e. The van der Waals surface area contributed by atoms with Crippen molar-refractivity contribution in [1.29, 1.82) is 0 Å². The number of nitrogens with one attached hydrogen (secondary N) is 1. The summed E-state index contributed by atoms with van der Waals surface area (Å²) in [5, 5.41) is 2.59. The van der Waals surface area contributed by atoms with Gasteiger partial charge in [-0.1, -0.05) is 13.2 Å². The lowest BCUT2D eigenvalue weighted by Crippen LogP contribution is -2.40. The van der Waals surface area contributed by atoms with Crippen molar-refractivity contribution in [1.82, 2.24) is 5.32 Å². The zero-order valence-corrected chi connectivity index (χ0v) is 8.45. The Labute approximate surface area is 83.6 Å². The van der Waals surface area contributed by atoms with Gasteiger partial charge in [0.1, 0.15) is 6.10 Å². The van der Waals surface area contributed by atoms with Gasteiger partial charge in [-0.2, -0.15) is 0 Å². The lowest BCUT2D eigenvalue weighted by atomic mass is 10.2. The first-order chi connectivity index (χ1) is 6.51. The summed E-state index contributed by atoms with van der Waals surface area (Å²) in [6.45, 7) is 10.0. The second-order valence-electron chi connectivity index (χ2n) is 2.85. The third kappa shape index (κ3) is 4.45. The molecule has 0 fully saturated rings. The molecule has 0 bridgehead atoms. The molecule has 0 aromatic carbocycles. The summed E-state index contributed by atoms with van der Waals surface area (Å²) in [4.78, 5) is 21.7. The Bertz CT molecular complexity index is 222. The first-order valence-electron chi connectivity index (χ1n) is 4.27. The van der Waals surface area contributed by atoms with Crippen molar-refractivity contribution in [2.45, 2.75) is 26.0 Å². The molecule has 0 aromatic heterocycles. The third-order valence-electron chi connectivity index (χ3n) is 1.73. The standard InChI is InChI=1S/C10H15NO3/c1-5-9(12)11-7(3)8(4)14-10(13)6-2/h5-8H,1-2H2,3-4H3,(H,11,12). The summed E-state index contributed by atoms with van der Waals surface area (Å²) in [7, 11) is 0. The minimum absolute atomic E-state index is 0.260. The molecule has 0 rings (SSSR count). The molecule has 2 atom stereocenters. The van der Waals surface area contributed by atoms with Gasteiger partial charge in [-0.05, 0) is 19.9 Å². The van der Waals surface area contributed by atoms with Gasteiger partial charge in [-0.25, -0.2) is 4.79 Å². The molecule has 0 aromatic rings. The summed E-state index contributed by atoms with van der Waals surface area (Å²) < 4.78 is 4.90. The summed E-state index contributed by atoms with van der Waals surface area (Å²) in [5.41, 5.74) is 0. The van der Waals surface area contributed by atoms with Crippen LogP contribution in [0.4, 0.5) is 0 Å². The molecule has 0 heterocycles. The van der Waals surface area contributed by atoms with Crippen LogP contribution in [0.2, 0.25) is 0 Å². The van der Waals surface area contributed by atoms with Gasteiger partial charge < -0.3 is 10.1 Å². The zero-order valence-electron chi connectivity index (χ0n) is 8.45. The van der Waals surface area contributed by atoms with Gasteiger partial charge in [-0.3, -0.25) is 4.79 Å². The van der Waals surface area contributed by atoms with E-state index in [0.29, 0.717) is 0 Å². The van der Waals surface area contributed by atoms with Crippen LogP contribution < -0.4 is 5.32 Å². The molecule has 0 radical (unpaired) electrons. The maximum absolute atomic E-state index is 10.9. The van der Waals surface area contributed by atoms with Gasteiger partial charge in [0.15, 0.2) is 0 Å². The summed E-state index contributed by atoms with van der Waals surface area (Å²) in [6, 6.07) is -0.260. The predicted octanol–water partition coefficient (Wildman–Crippen LogP) is 0.795. The highest BCUT2D eigenvalue weighted by Crippen LogP contribution is 1.99. The van der Waals surface area contributed by atoms with Crippen LogP contribution in [0.3, 0.4) is 0 Å². The van der Waals surface area contributed by atoms with E-state index >= 15 is 0 Å². The van der Waals surface area contributed by atoms with E-state index in [9.17, 15) is 9.59 Å². The van der Waals surface area contributed by atoms with Gasteiger partial charge >= 0.3 is 5.97 Å². The molecule has 78 valence electrons. The molecule has 4 heteroatoms. The number of carbonyl (C=O) groups is 2. The molecule has 4 nitrogen and oxygen atoms in total. The Morgan fingerprint density at radius 3 is 2.29 bits per heavy atom. The lowest BCUT2D eigenvalue weighted by Gasteiger charge is -2.20. The molecule has 0 aliphatic rings. The lowest BCUT2D eigenvalue weighted by molar-refractivity contribution is -0.144. The topological polar surface area (TPSA) is 55.4 Å². The van der Waals surface area contributed by atoms with Crippen LogP contribution in [0.5, 0.6) is 0 Å². The van der Waals surface area contributed by atoms with E-state index in [1.165, 1.54) is 6.08 Å². The van der Waals surface area contributed by atoms with E-state index < -0.39 is 12.1 Å². The monoisotopic (exact) mass is 197 g/mol. The van der Waals surface area contributed by atoms with Gasteiger partial charge in [-0.15, -0.1) is 0 Å². The fraction of sp³-hybridized carbons (Fsp3) is 0.400. The number of rotatable bonds is 5. The van der Waals surface area contributed by atoms with E-state index in [-0.39, 0.29) is 11.9 Å². The number of hydrogen-bond acceptors (Lipinski definition) is 3. The molecule has 0 saturated heterocycles. The molecule has 0 spiro atoms. The highest BCUT2D eigenvalue weighted by atomic mass is 16.5. The molecule has 1 amide bonds. The van der Waals surface area contributed by atoms with Crippen molar-refractivity contribution in [2.24, 2.45) is 0 Å². The molecule has 0 saturated carbocycles. The molecular formula is C10H15NO3. The fourth-order valence-corrected chi connectivity index (χ4v) is 0.734. The molecule has 0 aliphatic carbocycles. The largest absolute Gasteiger partial charge is 0.457 e. The third-order valence-corrected chi connectivity index (χ3v) is 1.73. The van der Waals surface area contributed by atoms with Crippen molar-refractivity contribution in [3.63, 3.8) is 0 Å². The second-order valence-corrected chi connectivity index (χ2v) is 2.85. The van der Waals surface area contributed by atoms with E-state index in [1.54, 1.807) is 13.8 Å². The highest BCUT2D eigenvalue weighted by molar-refractivity contribution is 5.87. The number of esters is 1. The molecule has 1 N–H and O–H groups in total. The maximum atomic E-state index is 10.9. The van der Waals surface area contributed by atoms with Gasteiger partial charge in [0, 0.05) is 6.08 Å². The Morgan fingerprint density at radius 1 is 1.29 bits per heavy atom. The first-order valence-corrected chi connectivity index (χ1v) is 4.27. The van der Waals surface area contributed by atoms with Gasteiger partial charge in [0.05, 0.1) is 6.04 Å². The van der Waals surface area contributed by atoms with Gasteiger partial charge in [0.2, 0.25) is 5.91 Å². The number of hydrogen-bond donors (Lipinski definition) is 1. The summed E-state index contributed by atoms with van der Waals surface area (Å²) in [6.07, 6.45) is 1.85. The van der Waals surface area contributed by atoms with Gasteiger partial charge in [0.25, 0.3) is 0 Å². The quantitative estimate of drug-likeness (QED) is 0.523. The zero-order chi connectivity index (χ0) is 11.1. The van der Waals surface area contributed by atoms with E-state index in [2.05, 4.69) is 18.5 Å². The molecular weight excluding hydrogens is 182 g/mol. The Balaban J connectivity index is 4.04. The molecule has 2 unspecified atom stereocenters.